The van der Waals surface area contributed by atoms with E-state index in [4.69, 9.17) is 9.26 Å². The van der Waals surface area contributed by atoms with E-state index < -0.39 is 0 Å². The summed E-state index contributed by atoms with van der Waals surface area (Å²) in [5.74, 6) is 1.96. The van der Waals surface area contributed by atoms with Gasteiger partial charge in [0, 0.05) is 31.6 Å². The van der Waals surface area contributed by atoms with Crippen molar-refractivity contribution in [2.24, 2.45) is 11.8 Å². The highest BCUT2D eigenvalue weighted by Gasteiger charge is 2.47. The molecule has 3 atom stereocenters. The van der Waals surface area contributed by atoms with E-state index in [1.807, 2.05) is 24.0 Å². The van der Waals surface area contributed by atoms with Gasteiger partial charge in [0.2, 0.25) is 5.76 Å². The van der Waals surface area contributed by atoms with Crippen molar-refractivity contribution < 1.29 is 14.1 Å². The van der Waals surface area contributed by atoms with Crippen LogP contribution < -0.4 is 10.1 Å². The number of aryl methyl sites for hydroxylation is 1. The molecule has 2 aliphatic heterocycles. The Morgan fingerprint density at radius 3 is 2.79 bits per heavy atom. The van der Waals surface area contributed by atoms with E-state index in [0.717, 1.165) is 36.6 Å². The molecule has 0 saturated carbocycles. The maximum absolute atomic E-state index is 12.9. The Morgan fingerprint density at radius 2 is 2.12 bits per heavy atom. The highest BCUT2D eigenvalue weighted by atomic mass is 16.5. The molecule has 1 aromatic heterocycles. The van der Waals surface area contributed by atoms with Gasteiger partial charge in [-0.1, -0.05) is 17.3 Å². The lowest BCUT2D eigenvalue weighted by molar-refractivity contribution is 0.0671. The van der Waals surface area contributed by atoms with Gasteiger partial charge in [0.15, 0.2) is 0 Å². The number of likely N-dealkylation sites (tertiary alicyclic amines) is 1. The highest BCUT2D eigenvalue weighted by molar-refractivity contribution is 5.92. The third-order valence-electron chi connectivity index (χ3n) is 5.12. The van der Waals surface area contributed by atoms with E-state index in [-0.39, 0.29) is 11.9 Å². The normalized spacial score (nSPS) is 25.8. The van der Waals surface area contributed by atoms with Gasteiger partial charge >= 0.3 is 0 Å². The van der Waals surface area contributed by atoms with Crippen LogP contribution in [-0.4, -0.2) is 42.7 Å². The summed E-state index contributed by atoms with van der Waals surface area (Å²) in [4.78, 5) is 14.9. The molecule has 6 heteroatoms. The number of hydrogen-bond acceptors (Lipinski definition) is 5. The topological polar surface area (TPSA) is 67.6 Å². The average Bonchev–Trinajstić information content (AvgIpc) is 3.29. The van der Waals surface area contributed by atoms with Crippen molar-refractivity contribution in [3.63, 3.8) is 0 Å². The van der Waals surface area contributed by atoms with Crippen LogP contribution in [0.1, 0.15) is 27.9 Å². The summed E-state index contributed by atoms with van der Waals surface area (Å²) in [6, 6.07) is 9.76. The molecule has 126 valence electrons. The van der Waals surface area contributed by atoms with Crippen LogP contribution in [0, 0.1) is 18.8 Å². The molecule has 2 saturated heterocycles. The van der Waals surface area contributed by atoms with Crippen molar-refractivity contribution in [2.75, 3.05) is 26.7 Å². The Kier molecular flexibility index (Phi) is 3.76. The Labute approximate surface area is 140 Å². The molecule has 0 spiro atoms. The number of nitrogens with zero attached hydrogens (tertiary/aromatic N) is 2. The van der Waals surface area contributed by atoms with Gasteiger partial charge in [-0.25, -0.2) is 0 Å². The van der Waals surface area contributed by atoms with E-state index in [2.05, 4.69) is 22.6 Å². The molecule has 1 N–H and O–H groups in total. The van der Waals surface area contributed by atoms with Crippen LogP contribution in [0.15, 0.2) is 34.9 Å². The third-order valence-corrected chi connectivity index (χ3v) is 5.12. The lowest BCUT2D eigenvalue weighted by atomic mass is 9.89. The van der Waals surface area contributed by atoms with Crippen molar-refractivity contribution in [1.82, 2.24) is 15.4 Å². The number of nitrogens with one attached hydrogen (secondary N) is 1. The van der Waals surface area contributed by atoms with Crippen LogP contribution >= 0.6 is 0 Å². The van der Waals surface area contributed by atoms with Crippen molar-refractivity contribution in [2.45, 2.75) is 13.0 Å². The van der Waals surface area contributed by atoms with Gasteiger partial charge in [0.25, 0.3) is 5.91 Å². The zero-order valence-corrected chi connectivity index (χ0v) is 13.9. The first kappa shape index (κ1) is 15.2. The first-order valence-corrected chi connectivity index (χ1v) is 8.26. The van der Waals surface area contributed by atoms with E-state index in [0.29, 0.717) is 17.6 Å². The van der Waals surface area contributed by atoms with Gasteiger partial charge in [-0.2, -0.15) is 0 Å². The fourth-order valence-corrected chi connectivity index (χ4v) is 3.96. The van der Waals surface area contributed by atoms with E-state index in [1.54, 1.807) is 13.2 Å². The zero-order chi connectivity index (χ0) is 16.7. The first-order valence-electron chi connectivity index (χ1n) is 8.26. The molecule has 6 nitrogen and oxygen atoms in total. The number of rotatable bonds is 3. The van der Waals surface area contributed by atoms with E-state index >= 15 is 0 Å². The van der Waals surface area contributed by atoms with Crippen molar-refractivity contribution in [3.05, 3.63) is 47.3 Å². The van der Waals surface area contributed by atoms with Gasteiger partial charge in [0.05, 0.1) is 18.8 Å². The van der Waals surface area contributed by atoms with E-state index in [9.17, 15) is 4.79 Å². The van der Waals surface area contributed by atoms with Gasteiger partial charge in [-0.3, -0.25) is 4.79 Å². The molecule has 3 heterocycles. The third kappa shape index (κ3) is 2.47. The number of aromatic nitrogens is 1. The maximum atomic E-state index is 12.9. The predicted octanol–water partition coefficient (Wildman–Crippen LogP) is 2.02. The Bertz CT molecular complexity index is 740. The SMILES string of the molecule is COc1ccc([C@H]2[C@H]3CNC[C@H]3CN2C(=O)c2cc(C)no2)cc1. The lowest BCUT2D eigenvalue weighted by Gasteiger charge is -2.27. The monoisotopic (exact) mass is 327 g/mol. The standard InChI is InChI=1S/C18H21N3O3/c1-11-7-16(24-20-11)18(22)21-10-13-8-19-9-15(13)17(21)12-3-5-14(23-2)6-4-12/h3-7,13,15,17,19H,8-10H2,1-2H3/t13-,15-,17-/m0/s1. The molecule has 2 aliphatic rings. The van der Waals surface area contributed by atoms with Crippen LogP contribution in [0.25, 0.3) is 0 Å². The Morgan fingerprint density at radius 1 is 1.33 bits per heavy atom. The number of methoxy groups -OCH3 is 1. The molecular weight excluding hydrogens is 306 g/mol. The maximum Gasteiger partial charge on any atom is 0.293 e. The minimum Gasteiger partial charge on any atom is -0.497 e. The van der Waals surface area contributed by atoms with Crippen molar-refractivity contribution in [1.29, 1.82) is 0 Å². The fourth-order valence-electron chi connectivity index (χ4n) is 3.96. The van der Waals surface area contributed by atoms with Crippen LogP contribution in [0.4, 0.5) is 0 Å². The predicted molar refractivity (Wildman–Crippen MR) is 87.9 cm³/mol. The summed E-state index contributed by atoms with van der Waals surface area (Å²) < 4.78 is 10.5. The number of hydrogen-bond donors (Lipinski definition) is 1. The minimum absolute atomic E-state index is 0.0498. The molecule has 0 bridgehead atoms. The summed E-state index contributed by atoms with van der Waals surface area (Å²) in [6.07, 6.45) is 0. The molecule has 2 fully saturated rings. The quantitative estimate of drug-likeness (QED) is 0.934. The Hall–Kier alpha value is -2.34. The van der Waals surface area contributed by atoms with Gasteiger partial charge in [0.1, 0.15) is 5.75 Å². The summed E-state index contributed by atoms with van der Waals surface area (Å²) in [5.41, 5.74) is 1.86. The number of amides is 1. The van der Waals surface area contributed by atoms with Crippen molar-refractivity contribution >= 4 is 5.91 Å². The largest absolute Gasteiger partial charge is 0.497 e. The summed E-state index contributed by atoms with van der Waals surface area (Å²) in [5, 5.41) is 7.30. The second kappa shape index (κ2) is 5.94. The van der Waals surface area contributed by atoms with Crippen LogP contribution in [0.2, 0.25) is 0 Å². The summed E-state index contributed by atoms with van der Waals surface area (Å²) in [7, 11) is 1.66. The number of ether oxygens (including phenoxy) is 1. The number of benzene rings is 1. The second-order valence-electron chi connectivity index (χ2n) is 6.59. The molecule has 1 amide bonds. The number of fused-ring (bicyclic) bond motifs is 1. The fraction of sp³-hybridized carbons (Fsp3) is 0.444. The smallest absolute Gasteiger partial charge is 0.293 e. The molecule has 24 heavy (non-hydrogen) atoms. The van der Waals surface area contributed by atoms with Crippen LogP contribution in [0.5, 0.6) is 5.75 Å². The van der Waals surface area contributed by atoms with E-state index in [1.165, 1.54) is 0 Å². The molecule has 2 aromatic rings. The number of carbonyl (C=O) groups excluding carboxylic acids is 1. The lowest BCUT2D eigenvalue weighted by Crippen LogP contribution is -2.34. The molecular formula is C18H21N3O3. The average molecular weight is 327 g/mol. The molecule has 1 aromatic carbocycles. The zero-order valence-electron chi connectivity index (χ0n) is 13.9. The van der Waals surface area contributed by atoms with Crippen LogP contribution in [-0.2, 0) is 0 Å². The second-order valence-corrected chi connectivity index (χ2v) is 6.59. The molecule has 0 aliphatic carbocycles. The molecule has 4 rings (SSSR count). The van der Waals surface area contributed by atoms with Gasteiger partial charge < -0.3 is 19.5 Å². The van der Waals surface area contributed by atoms with Gasteiger partial charge in [-0.05, 0) is 30.5 Å². The van der Waals surface area contributed by atoms with Crippen molar-refractivity contribution in [3.8, 4) is 5.75 Å². The highest BCUT2D eigenvalue weighted by Crippen LogP contribution is 2.43. The molecule has 0 radical (unpaired) electrons. The summed E-state index contributed by atoms with van der Waals surface area (Å²) >= 11 is 0. The molecule has 0 unspecified atom stereocenters. The van der Waals surface area contributed by atoms with Gasteiger partial charge in [-0.15, -0.1) is 0 Å². The minimum atomic E-state index is -0.0779. The van der Waals surface area contributed by atoms with Crippen LogP contribution in [0.3, 0.4) is 0 Å². The number of carbonyl (C=O) groups is 1. The summed E-state index contributed by atoms with van der Waals surface area (Å²) in [6.45, 7) is 4.45. The first-order chi connectivity index (χ1) is 11.7. The Balaban J connectivity index is 1.67.